The van der Waals surface area contributed by atoms with Crippen molar-refractivity contribution < 1.29 is 22.0 Å². The Morgan fingerprint density at radius 3 is 2.57 bits per heavy atom. The number of sulfonamides is 1. The lowest BCUT2D eigenvalue weighted by atomic mass is 10.0. The third-order valence-electron chi connectivity index (χ3n) is 6.58. The number of benzene rings is 2. The van der Waals surface area contributed by atoms with Crippen LogP contribution in [0.15, 0.2) is 48.7 Å². The van der Waals surface area contributed by atoms with E-state index in [9.17, 15) is 13.2 Å². The molecule has 1 amide bonds. The molecular formula is C25H28F2N4O3S. The summed E-state index contributed by atoms with van der Waals surface area (Å²) in [6.07, 6.45) is 2.44. The van der Waals surface area contributed by atoms with E-state index in [4.69, 9.17) is 0 Å². The smallest absolute Gasteiger partial charge is 0.255 e. The molecule has 3 aromatic rings. The number of amides is 1. The first-order chi connectivity index (χ1) is 16.6. The predicted octanol–water partition coefficient (Wildman–Crippen LogP) is 4.54. The van der Waals surface area contributed by atoms with Crippen molar-refractivity contribution in [3.63, 3.8) is 0 Å². The highest BCUT2D eigenvalue weighted by Gasteiger charge is 2.40. The average Bonchev–Trinajstić information content (AvgIpc) is 3.24. The van der Waals surface area contributed by atoms with Gasteiger partial charge in [0.1, 0.15) is 16.9 Å². The molecule has 0 radical (unpaired) electrons. The summed E-state index contributed by atoms with van der Waals surface area (Å²) in [5.41, 5.74) is 1.47. The molecule has 2 N–H and O–H groups in total. The number of nitrogens with one attached hydrogen (secondary N) is 2. The molecule has 1 aliphatic rings. The largest absolute Gasteiger partial charge is 0.345 e. The Morgan fingerprint density at radius 2 is 1.91 bits per heavy atom. The Labute approximate surface area is 203 Å². The maximum absolute atomic E-state index is 15.1. The van der Waals surface area contributed by atoms with Gasteiger partial charge in [0.25, 0.3) is 5.91 Å². The van der Waals surface area contributed by atoms with Gasteiger partial charge in [-0.3, -0.25) is 9.89 Å². The number of hydrogen-bond donors (Lipinski definition) is 2. The van der Waals surface area contributed by atoms with Gasteiger partial charge >= 0.3 is 0 Å². The normalized spacial score (nSPS) is 20.9. The molecule has 1 aliphatic heterocycles. The van der Waals surface area contributed by atoms with Crippen LogP contribution in [0.4, 0.5) is 8.78 Å². The molecule has 1 fully saturated rings. The van der Waals surface area contributed by atoms with Crippen molar-refractivity contribution in [1.82, 2.24) is 19.8 Å². The van der Waals surface area contributed by atoms with Crippen molar-refractivity contribution in [2.45, 2.75) is 57.5 Å². The van der Waals surface area contributed by atoms with Crippen LogP contribution in [-0.4, -0.2) is 34.9 Å². The SMILES string of the molecule is Cc1[nH]ncc1C(=O)NC(C)c1cc(F)c(CN2[C@@H](C)CC[C@H](c3ccccc3)S2(=O)=O)cc1F. The molecule has 0 bridgehead atoms. The quantitative estimate of drug-likeness (QED) is 0.517. The number of H-pyrrole nitrogens is 1. The molecule has 10 heteroatoms. The molecule has 2 aromatic carbocycles. The molecule has 186 valence electrons. The maximum atomic E-state index is 15.1. The minimum Gasteiger partial charge on any atom is -0.345 e. The lowest BCUT2D eigenvalue weighted by Crippen LogP contribution is -2.44. The Balaban J connectivity index is 1.56. The lowest BCUT2D eigenvalue weighted by Gasteiger charge is -2.37. The van der Waals surface area contributed by atoms with Crippen molar-refractivity contribution in [2.75, 3.05) is 0 Å². The van der Waals surface area contributed by atoms with Crippen LogP contribution in [-0.2, 0) is 16.6 Å². The van der Waals surface area contributed by atoms with E-state index in [0.717, 1.165) is 12.1 Å². The topological polar surface area (TPSA) is 95.2 Å². The van der Waals surface area contributed by atoms with Crippen molar-refractivity contribution in [2.24, 2.45) is 0 Å². The van der Waals surface area contributed by atoms with E-state index in [1.165, 1.54) is 10.5 Å². The Bertz CT molecular complexity index is 1330. The highest BCUT2D eigenvalue weighted by Crippen LogP contribution is 2.38. The molecule has 2 heterocycles. The minimum absolute atomic E-state index is 0.0301. The number of halogens is 2. The average molecular weight is 503 g/mol. The van der Waals surface area contributed by atoms with Gasteiger partial charge < -0.3 is 5.32 Å². The van der Waals surface area contributed by atoms with Crippen LogP contribution < -0.4 is 5.32 Å². The first-order valence-electron chi connectivity index (χ1n) is 11.4. The van der Waals surface area contributed by atoms with Crippen LogP contribution in [0.1, 0.15) is 70.7 Å². The van der Waals surface area contributed by atoms with Gasteiger partial charge in [0, 0.05) is 29.4 Å². The number of nitrogens with zero attached hydrogens (tertiary/aromatic N) is 2. The highest BCUT2D eigenvalue weighted by atomic mass is 32.2. The van der Waals surface area contributed by atoms with E-state index < -0.39 is 38.9 Å². The number of hydrogen-bond acceptors (Lipinski definition) is 4. The second-order valence-electron chi connectivity index (χ2n) is 8.98. The van der Waals surface area contributed by atoms with Gasteiger partial charge in [-0.05, 0) is 51.3 Å². The van der Waals surface area contributed by atoms with E-state index in [1.54, 1.807) is 45.0 Å². The molecule has 1 unspecified atom stereocenters. The molecule has 0 spiro atoms. The van der Waals surface area contributed by atoms with Crippen molar-refractivity contribution in [3.05, 3.63) is 88.2 Å². The summed E-state index contributed by atoms with van der Waals surface area (Å²) >= 11 is 0. The predicted molar refractivity (Wildman–Crippen MR) is 128 cm³/mol. The number of carbonyl (C=O) groups excluding carboxylic acids is 1. The summed E-state index contributed by atoms with van der Waals surface area (Å²) in [6.45, 7) is 4.73. The van der Waals surface area contributed by atoms with E-state index in [2.05, 4.69) is 15.5 Å². The Morgan fingerprint density at radius 1 is 1.20 bits per heavy atom. The number of aromatic amines is 1. The molecule has 3 atom stereocenters. The van der Waals surface area contributed by atoms with Gasteiger partial charge in [0.2, 0.25) is 10.0 Å². The fraction of sp³-hybridized carbons (Fsp3) is 0.360. The molecule has 7 nitrogen and oxygen atoms in total. The monoisotopic (exact) mass is 502 g/mol. The second-order valence-corrected chi connectivity index (χ2v) is 11.1. The van der Waals surface area contributed by atoms with Gasteiger partial charge in [0.05, 0.1) is 17.8 Å². The number of aromatic nitrogens is 2. The second kappa shape index (κ2) is 9.87. The first-order valence-corrected chi connectivity index (χ1v) is 12.9. The summed E-state index contributed by atoms with van der Waals surface area (Å²) in [5, 5.41) is 8.36. The Hall–Kier alpha value is -3.11. The van der Waals surface area contributed by atoms with Crippen LogP contribution in [0, 0.1) is 18.6 Å². The number of aryl methyl sites for hydroxylation is 1. The van der Waals surface area contributed by atoms with Crippen LogP contribution in [0.25, 0.3) is 0 Å². The minimum atomic E-state index is -3.79. The summed E-state index contributed by atoms with van der Waals surface area (Å²) < 4.78 is 58.2. The number of carbonyl (C=O) groups is 1. The Kier molecular flexibility index (Phi) is 7.05. The molecule has 35 heavy (non-hydrogen) atoms. The van der Waals surface area contributed by atoms with Crippen LogP contribution in [0.2, 0.25) is 0 Å². The van der Waals surface area contributed by atoms with E-state index in [-0.39, 0.29) is 23.7 Å². The van der Waals surface area contributed by atoms with Crippen molar-refractivity contribution in [1.29, 1.82) is 0 Å². The summed E-state index contributed by atoms with van der Waals surface area (Å²) in [7, 11) is -3.79. The lowest BCUT2D eigenvalue weighted by molar-refractivity contribution is 0.0938. The summed E-state index contributed by atoms with van der Waals surface area (Å²) in [5.74, 6) is -1.92. The molecule has 1 saturated heterocycles. The van der Waals surface area contributed by atoms with E-state index in [1.807, 2.05) is 6.07 Å². The molecule has 0 saturated carbocycles. The van der Waals surface area contributed by atoms with Crippen molar-refractivity contribution in [3.8, 4) is 0 Å². The fourth-order valence-corrected chi connectivity index (χ4v) is 6.70. The third kappa shape index (κ3) is 4.99. The third-order valence-corrected chi connectivity index (χ3v) is 8.95. The van der Waals surface area contributed by atoms with Gasteiger partial charge in [0.15, 0.2) is 0 Å². The molecular weight excluding hydrogens is 474 g/mol. The van der Waals surface area contributed by atoms with E-state index in [0.29, 0.717) is 29.7 Å². The summed E-state index contributed by atoms with van der Waals surface area (Å²) in [4.78, 5) is 12.4. The molecule has 4 rings (SSSR count). The van der Waals surface area contributed by atoms with Gasteiger partial charge in [-0.25, -0.2) is 17.2 Å². The van der Waals surface area contributed by atoms with Crippen molar-refractivity contribution >= 4 is 15.9 Å². The highest BCUT2D eigenvalue weighted by molar-refractivity contribution is 7.89. The standard InChI is InChI=1S/C25H28F2N4O3S/c1-15-9-10-24(18-7-5-4-6-8-18)35(33,34)31(15)14-19-11-23(27)20(12-22(19)26)16(2)29-25(32)21-13-28-30-17(21)3/h4-8,11-13,15-16,24H,9-10,14H2,1-3H3,(H,28,30)(H,29,32)/t15-,16?,24+/m0/s1. The number of rotatable bonds is 6. The first kappa shape index (κ1) is 25.0. The van der Waals surface area contributed by atoms with Gasteiger partial charge in [-0.1, -0.05) is 30.3 Å². The maximum Gasteiger partial charge on any atom is 0.255 e. The molecule has 1 aromatic heterocycles. The zero-order chi connectivity index (χ0) is 25.3. The fourth-order valence-electron chi connectivity index (χ4n) is 4.51. The summed E-state index contributed by atoms with van der Waals surface area (Å²) in [6, 6.07) is 9.80. The van der Waals surface area contributed by atoms with Crippen LogP contribution >= 0.6 is 0 Å². The van der Waals surface area contributed by atoms with Crippen LogP contribution in [0.3, 0.4) is 0 Å². The van der Waals surface area contributed by atoms with Gasteiger partial charge in [-0.2, -0.15) is 9.40 Å². The molecule has 0 aliphatic carbocycles. The zero-order valence-electron chi connectivity index (χ0n) is 19.8. The van der Waals surface area contributed by atoms with Gasteiger partial charge in [-0.15, -0.1) is 0 Å². The zero-order valence-corrected chi connectivity index (χ0v) is 20.6. The van der Waals surface area contributed by atoms with E-state index >= 15 is 8.78 Å². The van der Waals surface area contributed by atoms with Crippen LogP contribution in [0.5, 0.6) is 0 Å².